The molecule has 1 heterocycles. The summed E-state index contributed by atoms with van der Waals surface area (Å²) in [5, 5.41) is 15.1. The van der Waals surface area contributed by atoms with E-state index in [1.807, 2.05) is 37.3 Å². The Morgan fingerprint density at radius 2 is 1.78 bits per heavy atom. The second-order valence-corrected chi connectivity index (χ2v) is 7.56. The van der Waals surface area contributed by atoms with Crippen LogP contribution in [0.4, 0.5) is 5.00 Å². The van der Waals surface area contributed by atoms with E-state index in [2.05, 4.69) is 5.32 Å². The molecule has 1 aromatic heterocycles. The molecule has 3 rings (SSSR count). The van der Waals surface area contributed by atoms with E-state index < -0.39 is 5.97 Å². The Hall–Kier alpha value is -2.63. The van der Waals surface area contributed by atoms with Crippen LogP contribution in [0.25, 0.3) is 11.1 Å². The van der Waals surface area contributed by atoms with E-state index >= 15 is 0 Å². The van der Waals surface area contributed by atoms with Crippen molar-refractivity contribution in [2.45, 2.75) is 13.3 Å². The number of halogens is 1. The molecule has 0 aliphatic carbocycles. The van der Waals surface area contributed by atoms with Crippen molar-refractivity contribution >= 4 is 39.8 Å². The third kappa shape index (κ3) is 4.56. The molecular formula is C21H18ClNO3S. The normalized spacial score (nSPS) is 11.8. The van der Waals surface area contributed by atoms with Gasteiger partial charge in [0.05, 0.1) is 0 Å². The molecule has 4 nitrogen and oxygen atoms in total. The Bertz CT molecular complexity index is 951. The van der Waals surface area contributed by atoms with Crippen molar-refractivity contribution in [2.24, 2.45) is 5.92 Å². The van der Waals surface area contributed by atoms with Gasteiger partial charge in [-0.15, -0.1) is 11.3 Å². The number of carboxylic acids is 1. The second kappa shape index (κ2) is 8.37. The molecule has 0 saturated heterocycles. The van der Waals surface area contributed by atoms with Gasteiger partial charge in [-0.05, 0) is 29.7 Å². The van der Waals surface area contributed by atoms with E-state index in [0.29, 0.717) is 22.0 Å². The SMILES string of the molecule is CC(Cc1ccccc1)C(=O)Nc1scc(-c2ccc(Cl)cc2)c1C(=O)O. The van der Waals surface area contributed by atoms with Crippen LogP contribution in [-0.4, -0.2) is 17.0 Å². The summed E-state index contributed by atoms with van der Waals surface area (Å²) >= 11 is 7.12. The van der Waals surface area contributed by atoms with Gasteiger partial charge in [-0.2, -0.15) is 0 Å². The maximum absolute atomic E-state index is 12.6. The highest BCUT2D eigenvalue weighted by Gasteiger charge is 2.23. The van der Waals surface area contributed by atoms with Crippen molar-refractivity contribution in [1.29, 1.82) is 0 Å². The molecule has 1 amide bonds. The van der Waals surface area contributed by atoms with Crippen LogP contribution in [0.2, 0.25) is 5.02 Å². The van der Waals surface area contributed by atoms with E-state index in [9.17, 15) is 14.7 Å². The first kappa shape index (κ1) is 19.1. The second-order valence-electron chi connectivity index (χ2n) is 6.25. The molecule has 0 radical (unpaired) electrons. The number of hydrogen-bond acceptors (Lipinski definition) is 3. The van der Waals surface area contributed by atoms with Gasteiger partial charge in [-0.3, -0.25) is 4.79 Å². The first-order valence-corrected chi connectivity index (χ1v) is 9.67. The van der Waals surface area contributed by atoms with E-state index in [1.165, 1.54) is 11.3 Å². The molecule has 3 aromatic rings. The minimum atomic E-state index is -1.08. The van der Waals surface area contributed by atoms with E-state index in [1.54, 1.807) is 29.6 Å². The lowest BCUT2D eigenvalue weighted by atomic mass is 10.00. The average molecular weight is 400 g/mol. The lowest BCUT2D eigenvalue weighted by molar-refractivity contribution is -0.119. The molecular weight excluding hydrogens is 382 g/mol. The number of thiophene rings is 1. The first-order chi connectivity index (χ1) is 13.0. The standard InChI is InChI=1S/C21H18ClNO3S/c1-13(11-14-5-3-2-4-6-14)19(24)23-20-18(21(25)26)17(12-27-20)15-7-9-16(22)10-8-15/h2-10,12-13H,11H2,1H3,(H,23,24)(H,25,26). The molecule has 138 valence electrons. The van der Waals surface area contributed by atoms with E-state index in [-0.39, 0.29) is 17.4 Å². The summed E-state index contributed by atoms with van der Waals surface area (Å²) < 4.78 is 0. The van der Waals surface area contributed by atoms with Gasteiger partial charge in [0.25, 0.3) is 0 Å². The number of carboxylic acid groups (broad SMARTS) is 1. The summed E-state index contributed by atoms with van der Waals surface area (Å²) in [5.74, 6) is -1.56. The fourth-order valence-electron chi connectivity index (χ4n) is 2.80. The number of benzene rings is 2. The number of rotatable bonds is 6. The van der Waals surface area contributed by atoms with Crippen molar-refractivity contribution in [2.75, 3.05) is 5.32 Å². The summed E-state index contributed by atoms with van der Waals surface area (Å²) in [4.78, 5) is 24.4. The smallest absolute Gasteiger partial charge is 0.339 e. The van der Waals surface area contributed by atoms with Gasteiger partial charge in [0.2, 0.25) is 5.91 Å². The summed E-state index contributed by atoms with van der Waals surface area (Å²) in [7, 11) is 0. The van der Waals surface area contributed by atoms with Gasteiger partial charge in [-0.1, -0.05) is 61.0 Å². The highest BCUT2D eigenvalue weighted by atomic mass is 35.5. The number of carbonyl (C=O) groups excluding carboxylic acids is 1. The number of hydrogen-bond donors (Lipinski definition) is 2. The van der Waals surface area contributed by atoms with E-state index in [4.69, 9.17) is 11.6 Å². The zero-order valence-corrected chi connectivity index (χ0v) is 16.2. The first-order valence-electron chi connectivity index (χ1n) is 8.41. The van der Waals surface area contributed by atoms with Crippen LogP contribution < -0.4 is 5.32 Å². The Kier molecular flexibility index (Phi) is 5.94. The quantitative estimate of drug-likeness (QED) is 0.568. The highest BCUT2D eigenvalue weighted by molar-refractivity contribution is 7.15. The molecule has 0 saturated carbocycles. The van der Waals surface area contributed by atoms with Crippen molar-refractivity contribution in [3.63, 3.8) is 0 Å². The molecule has 2 N–H and O–H groups in total. The fourth-order valence-corrected chi connectivity index (χ4v) is 3.89. The predicted octanol–water partition coefficient (Wildman–Crippen LogP) is 5.58. The van der Waals surface area contributed by atoms with Crippen LogP contribution >= 0.6 is 22.9 Å². The number of nitrogens with one attached hydrogen (secondary N) is 1. The van der Waals surface area contributed by atoms with Gasteiger partial charge in [0, 0.05) is 21.9 Å². The van der Waals surface area contributed by atoms with Crippen molar-refractivity contribution in [3.05, 3.63) is 76.1 Å². The van der Waals surface area contributed by atoms with Crippen molar-refractivity contribution < 1.29 is 14.7 Å². The lowest BCUT2D eigenvalue weighted by Gasteiger charge is -2.12. The summed E-state index contributed by atoms with van der Waals surface area (Å²) in [6.07, 6.45) is 0.588. The maximum Gasteiger partial charge on any atom is 0.339 e. The lowest BCUT2D eigenvalue weighted by Crippen LogP contribution is -2.22. The number of anilines is 1. The molecule has 0 aliphatic heterocycles. The third-order valence-electron chi connectivity index (χ3n) is 4.23. The molecule has 0 bridgehead atoms. The molecule has 1 atom stereocenters. The number of aromatic carboxylic acids is 1. The Morgan fingerprint density at radius 3 is 2.41 bits per heavy atom. The molecule has 2 aromatic carbocycles. The zero-order chi connectivity index (χ0) is 19.4. The Balaban J connectivity index is 1.81. The molecule has 0 fully saturated rings. The van der Waals surface area contributed by atoms with Gasteiger partial charge in [-0.25, -0.2) is 4.79 Å². The summed E-state index contributed by atoms with van der Waals surface area (Å²) in [6, 6.07) is 16.7. The highest BCUT2D eigenvalue weighted by Crippen LogP contribution is 2.36. The molecule has 27 heavy (non-hydrogen) atoms. The monoisotopic (exact) mass is 399 g/mol. The molecule has 0 aliphatic rings. The Labute approximate surface area is 166 Å². The molecule has 1 unspecified atom stereocenters. The van der Waals surface area contributed by atoms with Crippen molar-refractivity contribution in [3.8, 4) is 11.1 Å². The summed E-state index contributed by atoms with van der Waals surface area (Å²) in [6.45, 7) is 1.83. The van der Waals surface area contributed by atoms with Gasteiger partial charge in [0.15, 0.2) is 0 Å². The van der Waals surface area contributed by atoms with Crippen LogP contribution in [0, 0.1) is 5.92 Å². The minimum Gasteiger partial charge on any atom is -0.478 e. The third-order valence-corrected chi connectivity index (χ3v) is 5.38. The maximum atomic E-state index is 12.6. The largest absolute Gasteiger partial charge is 0.478 e. The average Bonchev–Trinajstić information content (AvgIpc) is 3.07. The van der Waals surface area contributed by atoms with Gasteiger partial charge in [0.1, 0.15) is 10.6 Å². The van der Waals surface area contributed by atoms with Crippen molar-refractivity contribution in [1.82, 2.24) is 0 Å². The van der Waals surface area contributed by atoms with Crippen LogP contribution in [0.3, 0.4) is 0 Å². The zero-order valence-electron chi connectivity index (χ0n) is 14.6. The van der Waals surface area contributed by atoms with Gasteiger partial charge < -0.3 is 10.4 Å². The summed E-state index contributed by atoms with van der Waals surface area (Å²) in [5.41, 5.74) is 2.47. The molecule has 6 heteroatoms. The van der Waals surface area contributed by atoms with Crippen LogP contribution in [-0.2, 0) is 11.2 Å². The fraction of sp³-hybridized carbons (Fsp3) is 0.143. The Morgan fingerprint density at radius 1 is 1.11 bits per heavy atom. The van der Waals surface area contributed by atoms with Crippen LogP contribution in [0.5, 0.6) is 0 Å². The molecule has 0 spiro atoms. The van der Waals surface area contributed by atoms with E-state index in [0.717, 1.165) is 11.1 Å². The minimum absolute atomic E-state index is 0.0996. The van der Waals surface area contributed by atoms with Gasteiger partial charge >= 0.3 is 5.97 Å². The topological polar surface area (TPSA) is 66.4 Å². The predicted molar refractivity (Wildman–Crippen MR) is 110 cm³/mol. The van der Waals surface area contributed by atoms with Crippen LogP contribution in [0.15, 0.2) is 60.0 Å². The van der Waals surface area contributed by atoms with Crippen LogP contribution in [0.1, 0.15) is 22.8 Å². The number of carbonyl (C=O) groups is 2. The number of amides is 1.